The van der Waals surface area contributed by atoms with E-state index in [9.17, 15) is 0 Å². The SMILES string of the molecule is Cc1cc(Oc2c(Cl)cccc2CCl)cc(C)c1Cl. The lowest BCUT2D eigenvalue weighted by molar-refractivity contribution is 0.478. The van der Waals surface area contributed by atoms with Gasteiger partial charge in [0.05, 0.1) is 10.9 Å². The molecule has 2 rings (SSSR count). The van der Waals surface area contributed by atoms with Crippen molar-refractivity contribution in [3.63, 3.8) is 0 Å². The predicted molar refractivity (Wildman–Crippen MR) is 82.0 cm³/mol. The smallest absolute Gasteiger partial charge is 0.150 e. The summed E-state index contributed by atoms with van der Waals surface area (Å²) in [7, 11) is 0. The molecule has 1 nitrogen and oxygen atoms in total. The molecule has 0 amide bonds. The lowest BCUT2D eigenvalue weighted by atomic mass is 10.1. The van der Waals surface area contributed by atoms with Gasteiger partial charge < -0.3 is 4.74 Å². The van der Waals surface area contributed by atoms with Crippen molar-refractivity contribution in [3.8, 4) is 11.5 Å². The molecule has 0 aromatic heterocycles. The van der Waals surface area contributed by atoms with Gasteiger partial charge in [-0.05, 0) is 43.2 Å². The van der Waals surface area contributed by atoms with Crippen molar-refractivity contribution in [2.75, 3.05) is 0 Å². The van der Waals surface area contributed by atoms with Crippen molar-refractivity contribution in [1.29, 1.82) is 0 Å². The molecule has 0 aliphatic heterocycles. The molecule has 0 aliphatic carbocycles. The fourth-order valence-electron chi connectivity index (χ4n) is 1.86. The number of halogens is 3. The average molecular weight is 316 g/mol. The maximum Gasteiger partial charge on any atom is 0.150 e. The van der Waals surface area contributed by atoms with Gasteiger partial charge in [0, 0.05) is 10.6 Å². The van der Waals surface area contributed by atoms with Crippen LogP contribution < -0.4 is 4.74 Å². The van der Waals surface area contributed by atoms with E-state index in [2.05, 4.69) is 0 Å². The van der Waals surface area contributed by atoms with E-state index < -0.39 is 0 Å². The second kappa shape index (κ2) is 6.04. The Morgan fingerprint density at radius 3 is 2.26 bits per heavy atom. The van der Waals surface area contributed by atoms with Crippen molar-refractivity contribution >= 4 is 34.8 Å². The largest absolute Gasteiger partial charge is 0.455 e. The minimum absolute atomic E-state index is 0.349. The van der Waals surface area contributed by atoms with Crippen LogP contribution >= 0.6 is 34.8 Å². The second-order valence-electron chi connectivity index (χ2n) is 4.33. The lowest BCUT2D eigenvalue weighted by Gasteiger charge is -2.13. The Morgan fingerprint density at radius 1 is 1.05 bits per heavy atom. The number of benzene rings is 2. The maximum atomic E-state index is 6.16. The normalized spacial score (nSPS) is 10.6. The van der Waals surface area contributed by atoms with Gasteiger partial charge in [-0.3, -0.25) is 0 Å². The molecule has 0 heterocycles. The van der Waals surface area contributed by atoms with E-state index in [4.69, 9.17) is 39.5 Å². The van der Waals surface area contributed by atoms with Crippen LogP contribution in [-0.4, -0.2) is 0 Å². The molecule has 0 atom stereocenters. The Bertz CT molecular complexity index is 585. The molecular formula is C15H13Cl3O. The zero-order valence-electron chi connectivity index (χ0n) is 10.6. The summed E-state index contributed by atoms with van der Waals surface area (Å²) in [5.41, 5.74) is 2.80. The highest BCUT2D eigenvalue weighted by molar-refractivity contribution is 6.32. The Morgan fingerprint density at radius 2 is 1.68 bits per heavy atom. The summed E-state index contributed by atoms with van der Waals surface area (Å²) >= 11 is 18.2. The Balaban J connectivity index is 2.42. The van der Waals surface area contributed by atoms with Crippen LogP contribution in [0.1, 0.15) is 16.7 Å². The van der Waals surface area contributed by atoms with Gasteiger partial charge >= 0.3 is 0 Å². The van der Waals surface area contributed by atoms with Crippen molar-refractivity contribution < 1.29 is 4.74 Å². The van der Waals surface area contributed by atoms with E-state index in [0.29, 0.717) is 22.4 Å². The van der Waals surface area contributed by atoms with Crippen molar-refractivity contribution in [1.82, 2.24) is 0 Å². The molecule has 4 heteroatoms. The molecule has 0 spiro atoms. The molecule has 0 saturated heterocycles. The van der Waals surface area contributed by atoms with Gasteiger partial charge in [0.25, 0.3) is 0 Å². The first-order valence-electron chi connectivity index (χ1n) is 5.81. The van der Waals surface area contributed by atoms with Gasteiger partial charge in [-0.15, -0.1) is 11.6 Å². The third kappa shape index (κ3) is 3.17. The minimum atomic E-state index is 0.349. The summed E-state index contributed by atoms with van der Waals surface area (Å²) in [6.07, 6.45) is 0. The van der Waals surface area contributed by atoms with Crippen molar-refractivity contribution in [3.05, 3.63) is 57.1 Å². The average Bonchev–Trinajstić information content (AvgIpc) is 2.38. The van der Waals surface area contributed by atoms with Crippen LogP contribution in [0.4, 0.5) is 0 Å². The quantitative estimate of drug-likeness (QED) is 0.618. The zero-order valence-corrected chi connectivity index (χ0v) is 12.9. The number of rotatable bonds is 3. The number of hydrogen-bond acceptors (Lipinski definition) is 1. The van der Waals surface area contributed by atoms with Crippen LogP contribution in [0.2, 0.25) is 10.0 Å². The predicted octanol–water partition coefficient (Wildman–Crippen LogP) is 6.14. The topological polar surface area (TPSA) is 9.23 Å². The monoisotopic (exact) mass is 314 g/mol. The molecule has 2 aromatic rings. The molecule has 2 aromatic carbocycles. The Kier molecular flexibility index (Phi) is 4.62. The highest BCUT2D eigenvalue weighted by Crippen LogP contribution is 2.35. The first kappa shape index (κ1) is 14.5. The standard InChI is InChI=1S/C15H13Cl3O/c1-9-6-12(7-10(2)14(9)18)19-15-11(8-16)4-3-5-13(15)17/h3-7H,8H2,1-2H3. The summed E-state index contributed by atoms with van der Waals surface area (Å²) in [5.74, 6) is 1.65. The van der Waals surface area contributed by atoms with Gasteiger partial charge in [0.2, 0.25) is 0 Å². The molecule has 100 valence electrons. The van der Waals surface area contributed by atoms with E-state index in [0.717, 1.165) is 21.7 Å². The Labute approximate surface area is 128 Å². The van der Waals surface area contributed by atoms with Crippen molar-refractivity contribution in [2.24, 2.45) is 0 Å². The molecule has 0 unspecified atom stereocenters. The van der Waals surface area contributed by atoms with Gasteiger partial charge in [-0.1, -0.05) is 35.3 Å². The molecule has 0 bridgehead atoms. The van der Waals surface area contributed by atoms with E-state index in [1.807, 2.05) is 38.1 Å². The number of hydrogen-bond donors (Lipinski definition) is 0. The fourth-order valence-corrected chi connectivity index (χ4v) is 2.41. The number of para-hydroxylation sites is 1. The maximum absolute atomic E-state index is 6.16. The highest BCUT2D eigenvalue weighted by atomic mass is 35.5. The zero-order chi connectivity index (χ0) is 14.0. The van der Waals surface area contributed by atoms with Crippen LogP contribution in [0.25, 0.3) is 0 Å². The second-order valence-corrected chi connectivity index (χ2v) is 5.39. The molecule has 0 radical (unpaired) electrons. The van der Waals surface area contributed by atoms with Gasteiger partial charge in [0.1, 0.15) is 11.5 Å². The third-order valence-electron chi connectivity index (χ3n) is 2.82. The summed E-state index contributed by atoms with van der Waals surface area (Å²) in [6, 6.07) is 9.30. The van der Waals surface area contributed by atoms with E-state index in [1.165, 1.54) is 0 Å². The van der Waals surface area contributed by atoms with Crippen LogP contribution in [-0.2, 0) is 5.88 Å². The molecule has 0 fully saturated rings. The summed E-state index contributed by atoms with van der Waals surface area (Å²) in [5, 5.41) is 1.30. The Hall–Kier alpha value is -0.890. The number of alkyl halides is 1. The third-order valence-corrected chi connectivity index (χ3v) is 4.00. The van der Waals surface area contributed by atoms with E-state index in [1.54, 1.807) is 6.07 Å². The van der Waals surface area contributed by atoms with Gasteiger partial charge in [-0.2, -0.15) is 0 Å². The highest BCUT2D eigenvalue weighted by Gasteiger charge is 2.10. The molecule has 19 heavy (non-hydrogen) atoms. The fraction of sp³-hybridized carbons (Fsp3) is 0.200. The molecular weight excluding hydrogens is 303 g/mol. The van der Waals surface area contributed by atoms with Crippen LogP contribution in [0, 0.1) is 13.8 Å². The van der Waals surface area contributed by atoms with Gasteiger partial charge in [-0.25, -0.2) is 0 Å². The minimum Gasteiger partial charge on any atom is -0.455 e. The van der Waals surface area contributed by atoms with Crippen LogP contribution in [0.5, 0.6) is 11.5 Å². The summed E-state index contributed by atoms with van der Waals surface area (Å²) in [4.78, 5) is 0. The summed E-state index contributed by atoms with van der Waals surface area (Å²) in [6.45, 7) is 3.88. The van der Waals surface area contributed by atoms with Gasteiger partial charge in [0.15, 0.2) is 0 Å². The molecule has 0 saturated carbocycles. The first-order chi connectivity index (χ1) is 9.02. The first-order valence-corrected chi connectivity index (χ1v) is 7.10. The van der Waals surface area contributed by atoms with Crippen molar-refractivity contribution in [2.45, 2.75) is 19.7 Å². The lowest BCUT2D eigenvalue weighted by Crippen LogP contribution is -1.92. The number of ether oxygens (including phenoxy) is 1. The van der Waals surface area contributed by atoms with Crippen LogP contribution in [0.3, 0.4) is 0 Å². The summed E-state index contributed by atoms with van der Waals surface area (Å²) < 4.78 is 5.87. The van der Waals surface area contributed by atoms with E-state index in [-0.39, 0.29) is 0 Å². The number of aryl methyl sites for hydroxylation is 2. The molecule has 0 N–H and O–H groups in total. The molecule has 0 aliphatic rings. The van der Waals surface area contributed by atoms with Crippen LogP contribution in [0.15, 0.2) is 30.3 Å². The van der Waals surface area contributed by atoms with E-state index >= 15 is 0 Å².